The van der Waals surface area contributed by atoms with Gasteiger partial charge in [0.15, 0.2) is 0 Å². The lowest BCUT2D eigenvalue weighted by molar-refractivity contribution is 0.0659. The number of hydrogen-bond donors (Lipinski definition) is 1. The predicted octanol–water partition coefficient (Wildman–Crippen LogP) is 1.96. The monoisotopic (exact) mass is 236 g/mol. The Morgan fingerprint density at radius 2 is 2.41 bits per heavy atom. The summed E-state index contributed by atoms with van der Waals surface area (Å²) in [5.41, 5.74) is 0.643. The third-order valence-electron chi connectivity index (χ3n) is 2.53. The van der Waals surface area contributed by atoms with Crippen LogP contribution in [-0.2, 0) is 6.54 Å². The molecule has 1 atom stereocenters. The minimum atomic E-state index is -1.06. The van der Waals surface area contributed by atoms with Crippen LogP contribution in [0.1, 0.15) is 30.0 Å². The van der Waals surface area contributed by atoms with Crippen LogP contribution in [0, 0.1) is 17.2 Å². The number of nitrogens with zero attached hydrogens (tertiary/aromatic N) is 2. The molecule has 0 aliphatic rings. The predicted molar refractivity (Wildman–Crippen MR) is 61.4 cm³/mol. The Bertz CT molecular complexity index is 420. The van der Waals surface area contributed by atoms with Crippen molar-refractivity contribution in [1.29, 1.82) is 5.26 Å². The summed E-state index contributed by atoms with van der Waals surface area (Å²) in [6, 6.07) is 3.82. The van der Waals surface area contributed by atoms with Crippen molar-refractivity contribution in [2.24, 2.45) is 5.92 Å². The summed E-state index contributed by atoms with van der Waals surface area (Å²) in [5.74, 6) is -1.16. The highest BCUT2D eigenvalue weighted by Gasteiger charge is 2.17. The molecule has 0 bridgehead atoms. The number of nitriles is 1. The van der Waals surface area contributed by atoms with Crippen LogP contribution < -0.4 is 0 Å². The summed E-state index contributed by atoms with van der Waals surface area (Å²) in [4.78, 5) is 12.9. The highest BCUT2D eigenvalue weighted by atomic mass is 16.4. The Morgan fingerprint density at radius 3 is 2.94 bits per heavy atom. The van der Waals surface area contributed by atoms with Gasteiger partial charge in [-0.1, -0.05) is 6.92 Å². The fourth-order valence-electron chi connectivity index (χ4n) is 1.62. The van der Waals surface area contributed by atoms with Crippen LogP contribution in [0.2, 0.25) is 0 Å². The summed E-state index contributed by atoms with van der Waals surface area (Å²) >= 11 is 0. The van der Waals surface area contributed by atoms with Crippen LogP contribution >= 0.6 is 0 Å². The van der Waals surface area contributed by atoms with Crippen molar-refractivity contribution in [3.63, 3.8) is 0 Å². The van der Waals surface area contributed by atoms with E-state index in [1.165, 1.54) is 6.26 Å². The van der Waals surface area contributed by atoms with E-state index in [1.807, 2.05) is 18.7 Å². The number of carboxylic acids is 1. The average molecular weight is 236 g/mol. The Balaban J connectivity index is 2.71. The van der Waals surface area contributed by atoms with Gasteiger partial charge in [-0.15, -0.1) is 0 Å². The second-order valence-electron chi connectivity index (χ2n) is 3.94. The molecule has 1 aromatic rings. The molecule has 1 aromatic heterocycles. The molecular formula is C12H16N2O3. The molecule has 1 rings (SSSR count). The van der Waals surface area contributed by atoms with Gasteiger partial charge in [-0.2, -0.15) is 5.26 Å². The van der Waals surface area contributed by atoms with Crippen LogP contribution in [0.4, 0.5) is 0 Å². The maximum Gasteiger partial charge on any atom is 0.372 e. The van der Waals surface area contributed by atoms with Gasteiger partial charge in [0.1, 0.15) is 0 Å². The number of furan rings is 1. The molecule has 92 valence electrons. The van der Waals surface area contributed by atoms with E-state index in [0.29, 0.717) is 18.7 Å². The van der Waals surface area contributed by atoms with Crippen LogP contribution in [0.15, 0.2) is 16.7 Å². The van der Waals surface area contributed by atoms with Gasteiger partial charge in [0.25, 0.3) is 0 Å². The third kappa shape index (κ3) is 3.61. The van der Waals surface area contributed by atoms with Gasteiger partial charge < -0.3 is 9.52 Å². The second-order valence-corrected chi connectivity index (χ2v) is 3.94. The van der Waals surface area contributed by atoms with Gasteiger partial charge in [-0.05, 0) is 19.5 Å². The van der Waals surface area contributed by atoms with Crippen molar-refractivity contribution in [3.05, 3.63) is 23.7 Å². The molecule has 0 fully saturated rings. The number of carboxylic acid groups (broad SMARTS) is 1. The molecule has 5 nitrogen and oxygen atoms in total. The maximum absolute atomic E-state index is 10.9. The molecule has 0 aliphatic carbocycles. The first kappa shape index (κ1) is 13.3. The zero-order chi connectivity index (χ0) is 12.8. The largest absolute Gasteiger partial charge is 0.475 e. The van der Waals surface area contributed by atoms with Gasteiger partial charge >= 0.3 is 5.97 Å². The fraction of sp³-hybridized carbons (Fsp3) is 0.500. The van der Waals surface area contributed by atoms with E-state index in [1.54, 1.807) is 6.07 Å². The second kappa shape index (κ2) is 6.06. The molecule has 0 amide bonds. The smallest absolute Gasteiger partial charge is 0.372 e. The maximum atomic E-state index is 10.9. The Hall–Kier alpha value is -1.80. The third-order valence-corrected chi connectivity index (χ3v) is 2.53. The van der Waals surface area contributed by atoms with E-state index >= 15 is 0 Å². The molecule has 17 heavy (non-hydrogen) atoms. The molecule has 0 saturated carbocycles. The van der Waals surface area contributed by atoms with Crippen molar-refractivity contribution < 1.29 is 14.3 Å². The van der Waals surface area contributed by atoms with Gasteiger partial charge in [0, 0.05) is 18.7 Å². The summed E-state index contributed by atoms with van der Waals surface area (Å²) < 4.78 is 4.91. The molecule has 1 N–H and O–H groups in total. The fourth-order valence-corrected chi connectivity index (χ4v) is 1.62. The normalized spacial score (nSPS) is 12.4. The Morgan fingerprint density at radius 1 is 1.71 bits per heavy atom. The topological polar surface area (TPSA) is 77.5 Å². The summed E-state index contributed by atoms with van der Waals surface area (Å²) in [6.45, 7) is 5.69. The first-order valence-corrected chi connectivity index (χ1v) is 5.50. The van der Waals surface area contributed by atoms with E-state index in [2.05, 4.69) is 6.07 Å². The highest BCUT2D eigenvalue weighted by molar-refractivity contribution is 5.86. The van der Waals surface area contributed by atoms with Gasteiger partial charge in [0.2, 0.25) is 5.76 Å². The summed E-state index contributed by atoms with van der Waals surface area (Å²) in [5, 5.41) is 17.7. The van der Waals surface area contributed by atoms with E-state index in [0.717, 1.165) is 6.54 Å². The van der Waals surface area contributed by atoms with E-state index in [-0.39, 0.29) is 11.7 Å². The molecule has 0 radical (unpaired) electrons. The standard InChI is InChI=1S/C12H16N2O3/c1-3-14(7-9(2)6-13)8-10-4-5-17-11(10)12(15)16/h4-5,9H,3,7-8H2,1-2H3,(H,15,16). The highest BCUT2D eigenvalue weighted by Crippen LogP contribution is 2.14. The van der Waals surface area contributed by atoms with Gasteiger partial charge in [-0.3, -0.25) is 4.90 Å². The molecule has 1 heterocycles. The van der Waals surface area contributed by atoms with Crippen molar-refractivity contribution in [3.8, 4) is 6.07 Å². The van der Waals surface area contributed by atoms with E-state index < -0.39 is 5.97 Å². The molecule has 0 aromatic carbocycles. The van der Waals surface area contributed by atoms with Crippen molar-refractivity contribution in [2.75, 3.05) is 13.1 Å². The SMILES string of the molecule is CCN(Cc1ccoc1C(=O)O)CC(C)C#N. The van der Waals surface area contributed by atoms with Crippen LogP contribution in [0.5, 0.6) is 0 Å². The van der Waals surface area contributed by atoms with Crippen molar-refractivity contribution in [2.45, 2.75) is 20.4 Å². The number of carbonyl (C=O) groups is 1. The first-order chi connectivity index (χ1) is 8.08. The first-order valence-electron chi connectivity index (χ1n) is 5.50. The van der Waals surface area contributed by atoms with E-state index in [9.17, 15) is 4.79 Å². The number of hydrogen-bond acceptors (Lipinski definition) is 4. The molecule has 0 spiro atoms. The zero-order valence-electron chi connectivity index (χ0n) is 10.0. The van der Waals surface area contributed by atoms with Crippen LogP contribution in [-0.4, -0.2) is 29.1 Å². The minimum Gasteiger partial charge on any atom is -0.475 e. The van der Waals surface area contributed by atoms with Crippen LogP contribution in [0.25, 0.3) is 0 Å². The average Bonchev–Trinajstić information content (AvgIpc) is 2.76. The Labute approximate surface area is 100 Å². The lowest BCUT2D eigenvalue weighted by Crippen LogP contribution is -2.28. The van der Waals surface area contributed by atoms with E-state index in [4.69, 9.17) is 14.8 Å². The molecule has 1 unspecified atom stereocenters. The number of aromatic carboxylic acids is 1. The zero-order valence-corrected chi connectivity index (χ0v) is 10.0. The lowest BCUT2D eigenvalue weighted by Gasteiger charge is -2.20. The molecule has 0 saturated heterocycles. The molecule has 0 aliphatic heterocycles. The van der Waals surface area contributed by atoms with Gasteiger partial charge in [0.05, 0.1) is 18.3 Å². The summed E-state index contributed by atoms with van der Waals surface area (Å²) in [6.07, 6.45) is 1.38. The molecule has 5 heteroatoms. The number of rotatable bonds is 6. The van der Waals surface area contributed by atoms with Gasteiger partial charge in [-0.25, -0.2) is 4.79 Å². The minimum absolute atomic E-state index is 0.0203. The summed E-state index contributed by atoms with van der Waals surface area (Å²) in [7, 11) is 0. The van der Waals surface area contributed by atoms with Crippen LogP contribution in [0.3, 0.4) is 0 Å². The molecular weight excluding hydrogens is 220 g/mol. The van der Waals surface area contributed by atoms with Crippen molar-refractivity contribution >= 4 is 5.97 Å². The van der Waals surface area contributed by atoms with Crippen molar-refractivity contribution in [1.82, 2.24) is 4.90 Å². The Kier molecular flexibility index (Phi) is 4.73. The lowest BCUT2D eigenvalue weighted by atomic mass is 10.1. The quantitative estimate of drug-likeness (QED) is 0.816.